The summed E-state index contributed by atoms with van der Waals surface area (Å²) in [7, 11) is 0. The van der Waals surface area contributed by atoms with Crippen LogP contribution in [0.2, 0.25) is 0 Å². The molecule has 1 N–H and O–H groups in total. The van der Waals surface area contributed by atoms with Crippen LogP contribution in [0.5, 0.6) is 0 Å². The van der Waals surface area contributed by atoms with E-state index in [0.717, 1.165) is 44.7 Å². The smallest absolute Gasteiger partial charge is 0.253 e. The minimum Gasteiger partial charge on any atom is -0.381 e. The normalized spacial score (nSPS) is 19.0. The van der Waals surface area contributed by atoms with E-state index in [4.69, 9.17) is 4.74 Å². The van der Waals surface area contributed by atoms with Crippen molar-refractivity contribution in [3.8, 4) is 0 Å². The lowest BCUT2D eigenvalue weighted by atomic mass is 9.73. The maximum Gasteiger partial charge on any atom is 0.253 e. The van der Waals surface area contributed by atoms with Gasteiger partial charge in [0.15, 0.2) is 0 Å². The van der Waals surface area contributed by atoms with Crippen LogP contribution in [0.15, 0.2) is 36.9 Å². The summed E-state index contributed by atoms with van der Waals surface area (Å²) in [4.78, 5) is 25.5. The van der Waals surface area contributed by atoms with Crippen LogP contribution in [0.1, 0.15) is 28.8 Å². The van der Waals surface area contributed by atoms with Gasteiger partial charge in [-0.2, -0.15) is 0 Å². The Hall–Kier alpha value is -2.14. The highest BCUT2D eigenvalue weighted by Gasteiger charge is 2.45. The molecule has 2 aliphatic heterocycles. The number of nitrogens with zero attached hydrogens (tertiary/aromatic N) is 1. The van der Waals surface area contributed by atoms with E-state index in [1.165, 1.54) is 6.08 Å². The Morgan fingerprint density at radius 3 is 2.48 bits per heavy atom. The molecule has 23 heavy (non-hydrogen) atoms. The van der Waals surface area contributed by atoms with E-state index < -0.39 is 0 Å². The molecule has 1 aromatic carbocycles. The first-order valence-electron chi connectivity index (χ1n) is 7.98. The van der Waals surface area contributed by atoms with Gasteiger partial charge < -0.3 is 15.0 Å². The van der Waals surface area contributed by atoms with Crippen molar-refractivity contribution in [3.63, 3.8) is 0 Å². The van der Waals surface area contributed by atoms with E-state index in [0.29, 0.717) is 17.5 Å². The molecule has 0 radical (unpaired) electrons. The van der Waals surface area contributed by atoms with E-state index in [1.54, 1.807) is 0 Å². The third-order valence-corrected chi connectivity index (χ3v) is 4.75. The maximum atomic E-state index is 12.5. The van der Waals surface area contributed by atoms with Gasteiger partial charge in [0.2, 0.25) is 5.91 Å². The summed E-state index contributed by atoms with van der Waals surface area (Å²) in [5.74, 6) is -0.115. The summed E-state index contributed by atoms with van der Waals surface area (Å²) in [5.41, 5.74) is 1.95. The van der Waals surface area contributed by atoms with Gasteiger partial charge in [-0.05, 0) is 36.6 Å². The number of likely N-dealkylation sites (tertiary alicyclic amines) is 1. The quantitative estimate of drug-likeness (QED) is 0.861. The first-order valence-corrected chi connectivity index (χ1v) is 7.98. The fourth-order valence-electron chi connectivity index (χ4n) is 3.24. The van der Waals surface area contributed by atoms with Gasteiger partial charge in [-0.15, -0.1) is 0 Å². The molecule has 1 spiro atoms. The molecule has 0 bridgehead atoms. The molecule has 122 valence electrons. The van der Waals surface area contributed by atoms with Gasteiger partial charge in [0, 0.05) is 43.8 Å². The fraction of sp³-hybridized carbons (Fsp3) is 0.444. The monoisotopic (exact) mass is 314 g/mol. The molecule has 2 amide bonds. The average molecular weight is 314 g/mol. The van der Waals surface area contributed by atoms with Crippen molar-refractivity contribution in [2.24, 2.45) is 5.41 Å². The summed E-state index contributed by atoms with van der Waals surface area (Å²) in [6, 6.07) is 7.40. The Bertz CT molecular complexity index is 595. The molecule has 2 heterocycles. The molecular weight excluding hydrogens is 292 g/mol. The second kappa shape index (κ2) is 6.54. The van der Waals surface area contributed by atoms with Crippen LogP contribution in [-0.4, -0.2) is 43.0 Å². The third-order valence-electron chi connectivity index (χ3n) is 4.75. The summed E-state index contributed by atoms with van der Waals surface area (Å²) >= 11 is 0. The number of nitrogens with one attached hydrogen (secondary N) is 1. The molecule has 5 nitrogen and oxygen atoms in total. The second-order valence-corrected chi connectivity index (χ2v) is 6.39. The summed E-state index contributed by atoms with van der Waals surface area (Å²) in [6.07, 6.45) is 3.35. The lowest BCUT2D eigenvalue weighted by Crippen LogP contribution is -2.60. The molecule has 0 atom stereocenters. The van der Waals surface area contributed by atoms with Crippen molar-refractivity contribution >= 4 is 11.8 Å². The van der Waals surface area contributed by atoms with E-state index in [-0.39, 0.29) is 11.8 Å². The molecule has 0 saturated carbocycles. The van der Waals surface area contributed by atoms with E-state index >= 15 is 0 Å². The summed E-state index contributed by atoms with van der Waals surface area (Å²) in [5, 5.41) is 2.72. The predicted octanol–water partition coefficient (Wildman–Crippen LogP) is 1.74. The van der Waals surface area contributed by atoms with Gasteiger partial charge in [0.25, 0.3) is 5.91 Å². The van der Waals surface area contributed by atoms with E-state index in [2.05, 4.69) is 11.9 Å². The minimum atomic E-state index is -0.201. The van der Waals surface area contributed by atoms with Crippen LogP contribution in [0.3, 0.4) is 0 Å². The van der Waals surface area contributed by atoms with E-state index in [9.17, 15) is 9.59 Å². The van der Waals surface area contributed by atoms with Gasteiger partial charge in [0.05, 0.1) is 0 Å². The minimum absolute atomic E-state index is 0.0868. The van der Waals surface area contributed by atoms with Gasteiger partial charge in [0.1, 0.15) is 0 Å². The van der Waals surface area contributed by atoms with Crippen LogP contribution in [-0.2, 0) is 16.1 Å². The van der Waals surface area contributed by atoms with E-state index in [1.807, 2.05) is 29.2 Å². The highest BCUT2D eigenvalue weighted by molar-refractivity contribution is 5.95. The van der Waals surface area contributed by atoms with Crippen molar-refractivity contribution in [3.05, 3.63) is 48.0 Å². The molecule has 0 unspecified atom stereocenters. The number of rotatable bonds is 4. The number of carbonyl (C=O) groups excluding carboxylic acids is 2. The lowest BCUT2D eigenvalue weighted by Gasteiger charge is -2.52. The lowest BCUT2D eigenvalue weighted by molar-refractivity contribution is -0.116. The molecular formula is C18H22N2O3. The zero-order valence-corrected chi connectivity index (χ0v) is 13.2. The SMILES string of the molecule is C=CC(=O)NCc1ccc(C(=O)N2CC3(CCOCC3)C2)cc1. The fourth-order valence-corrected chi connectivity index (χ4v) is 3.24. The number of hydrogen-bond donors (Lipinski definition) is 1. The molecule has 2 saturated heterocycles. The Kier molecular flexibility index (Phi) is 4.48. The van der Waals surface area contributed by atoms with Crippen LogP contribution < -0.4 is 5.32 Å². The highest BCUT2D eigenvalue weighted by Crippen LogP contribution is 2.40. The molecule has 0 aliphatic carbocycles. The average Bonchev–Trinajstić information content (AvgIpc) is 2.58. The van der Waals surface area contributed by atoms with Crippen molar-refractivity contribution in [2.45, 2.75) is 19.4 Å². The zero-order chi connectivity index (χ0) is 16.3. The largest absolute Gasteiger partial charge is 0.381 e. The van der Waals surface area contributed by atoms with Crippen LogP contribution >= 0.6 is 0 Å². The first-order chi connectivity index (χ1) is 11.1. The molecule has 1 aromatic rings. The van der Waals surface area contributed by atoms with Gasteiger partial charge in [-0.25, -0.2) is 0 Å². The highest BCUT2D eigenvalue weighted by atomic mass is 16.5. The molecule has 0 aromatic heterocycles. The van der Waals surface area contributed by atoms with Crippen LogP contribution in [0, 0.1) is 5.41 Å². The molecule has 2 aliphatic rings. The number of hydrogen-bond acceptors (Lipinski definition) is 3. The predicted molar refractivity (Wildman–Crippen MR) is 86.9 cm³/mol. The van der Waals surface area contributed by atoms with Gasteiger partial charge in [-0.1, -0.05) is 18.7 Å². The standard InChI is InChI=1S/C18H22N2O3/c1-2-16(21)19-11-14-3-5-15(6-4-14)17(22)20-12-18(13-20)7-9-23-10-8-18/h2-6H,1,7-13H2,(H,19,21). The van der Waals surface area contributed by atoms with Crippen LogP contribution in [0.25, 0.3) is 0 Å². The maximum absolute atomic E-state index is 12.5. The number of carbonyl (C=O) groups is 2. The van der Waals surface area contributed by atoms with Crippen molar-refractivity contribution in [1.82, 2.24) is 10.2 Å². The Labute approximate surface area is 136 Å². The first kappa shape index (κ1) is 15.7. The third kappa shape index (κ3) is 3.45. The van der Waals surface area contributed by atoms with Crippen molar-refractivity contribution in [1.29, 1.82) is 0 Å². The molecule has 3 rings (SSSR count). The Morgan fingerprint density at radius 1 is 1.22 bits per heavy atom. The second-order valence-electron chi connectivity index (χ2n) is 6.39. The Balaban J connectivity index is 1.54. The topological polar surface area (TPSA) is 58.6 Å². The van der Waals surface area contributed by atoms with Crippen molar-refractivity contribution < 1.29 is 14.3 Å². The number of ether oxygens (including phenoxy) is 1. The summed E-state index contributed by atoms with van der Waals surface area (Å²) < 4.78 is 5.40. The Morgan fingerprint density at radius 2 is 1.87 bits per heavy atom. The van der Waals surface area contributed by atoms with Gasteiger partial charge in [-0.3, -0.25) is 9.59 Å². The number of amides is 2. The zero-order valence-electron chi connectivity index (χ0n) is 13.2. The molecule has 5 heteroatoms. The van der Waals surface area contributed by atoms with Gasteiger partial charge >= 0.3 is 0 Å². The van der Waals surface area contributed by atoms with Crippen molar-refractivity contribution in [2.75, 3.05) is 26.3 Å². The van der Waals surface area contributed by atoms with Crippen LogP contribution in [0.4, 0.5) is 0 Å². The summed E-state index contributed by atoms with van der Waals surface area (Å²) in [6.45, 7) is 7.15. The molecule has 2 fully saturated rings. The number of benzene rings is 1.